The molecule has 1 aliphatic rings. The summed E-state index contributed by atoms with van der Waals surface area (Å²) in [6, 6.07) is 0. The maximum Gasteiger partial charge on any atom is 1.00 e. The van der Waals surface area contributed by atoms with E-state index in [4.69, 9.17) is 0 Å². The van der Waals surface area contributed by atoms with Gasteiger partial charge in [0.15, 0.2) is 0 Å². The molecule has 0 unspecified atom stereocenters. The smallest absolute Gasteiger partial charge is 0.448 e. The maximum absolute atomic E-state index is 11.5. The maximum atomic E-state index is 11.5. The van der Waals surface area contributed by atoms with Gasteiger partial charge in [0.05, 0.1) is 0 Å². The molecule has 60 valence electrons. The molecule has 0 amide bonds. The van der Waals surface area contributed by atoms with Crippen LogP contribution in [0.5, 0.6) is 0 Å². The Morgan fingerprint density at radius 1 is 1.27 bits per heavy atom. The second-order valence-corrected chi connectivity index (χ2v) is 2.81. The molecule has 0 aromatic carbocycles. The van der Waals surface area contributed by atoms with E-state index in [1.807, 2.05) is 0 Å². The summed E-state index contributed by atoms with van der Waals surface area (Å²) < 4.78 is 34.6. The molecule has 1 aliphatic carbocycles. The Bertz CT molecular complexity index is 115. The molecule has 11 heavy (non-hydrogen) atoms. The van der Waals surface area contributed by atoms with E-state index in [1.165, 1.54) is 0 Å². The average molecular weight is 191 g/mol. The van der Waals surface area contributed by atoms with Crippen molar-refractivity contribution < 1.29 is 64.3 Å². The Balaban J connectivity index is 0.000001000. The van der Waals surface area contributed by atoms with Gasteiger partial charge in [-0.2, -0.15) is 0 Å². The molecule has 1 N–H and O–H groups in total. The minimum Gasteiger partial charge on any atom is -0.448 e. The summed E-state index contributed by atoms with van der Waals surface area (Å²) in [5, 5.41) is 2.39. The fourth-order valence-corrected chi connectivity index (χ4v) is 0.773. The molecule has 0 radical (unpaired) electrons. The molecule has 0 saturated heterocycles. The van der Waals surface area contributed by atoms with Gasteiger partial charge in [-0.3, -0.25) is 0 Å². The summed E-state index contributed by atoms with van der Waals surface area (Å²) >= 11 is 0. The van der Waals surface area contributed by atoms with Crippen molar-refractivity contribution in [3.05, 3.63) is 0 Å². The number of hydrogen-bond donors (Lipinski definition) is 1. The quantitative estimate of drug-likeness (QED) is 0.526. The van der Waals surface area contributed by atoms with Crippen molar-refractivity contribution in [3.8, 4) is 0 Å². The SMILES string of the molecule is F[B-](F)(F)CNCC1CC1.[K+]. The van der Waals surface area contributed by atoms with E-state index in [2.05, 4.69) is 5.32 Å². The van der Waals surface area contributed by atoms with Crippen molar-refractivity contribution in [3.63, 3.8) is 0 Å². The topological polar surface area (TPSA) is 12.0 Å². The fourth-order valence-electron chi connectivity index (χ4n) is 0.773. The first-order chi connectivity index (χ1) is 4.58. The molecular weight excluding hydrogens is 181 g/mol. The van der Waals surface area contributed by atoms with Crippen LogP contribution in [0.15, 0.2) is 0 Å². The molecular formula is C5H10BF3KN. The average Bonchev–Trinajstić information content (AvgIpc) is 2.45. The molecule has 0 aromatic heterocycles. The van der Waals surface area contributed by atoms with Crippen molar-refractivity contribution in [1.82, 2.24) is 5.32 Å². The van der Waals surface area contributed by atoms with Gasteiger partial charge in [0.2, 0.25) is 0 Å². The van der Waals surface area contributed by atoms with Crippen LogP contribution < -0.4 is 56.7 Å². The molecule has 0 atom stereocenters. The molecule has 1 fully saturated rings. The summed E-state index contributed by atoms with van der Waals surface area (Å²) in [6.45, 7) is -4.07. The Morgan fingerprint density at radius 2 is 1.82 bits per heavy atom. The largest absolute Gasteiger partial charge is 1.00 e. The molecule has 1 rings (SSSR count). The van der Waals surface area contributed by atoms with Gasteiger partial charge in [0.1, 0.15) is 0 Å². The zero-order valence-electron chi connectivity index (χ0n) is 6.62. The molecule has 0 heterocycles. The number of halogens is 3. The molecule has 0 bridgehead atoms. The van der Waals surface area contributed by atoms with E-state index in [-0.39, 0.29) is 51.4 Å². The van der Waals surface area contributed by atoms with E-state index in [0.717, 1.165) is 12.8 Å². The fraction of sp³-hybridized carbons (Fsp3) is 1.00. The van der Waals surface area contributed by atoms with E-state index < -0.39 is 13.4 Å². The predicted octanol–water partition coefficient (Wildman–Crippen LogP) is -1.62. The van der Waals surface area contributed by atoms with Crippen molar-refractivity contribution >= 4 is 6.98 Å². The molecule has 0 aliphatic heterocycles. The van der Waals surface area contributed by atoms with Gasteiger partial charge in [-0.15, -0.1) is 0 Å². The normalized spacial score (nSPS) is 17.7. The summed E-state index contributed by atoms with van der Waals surface area (Å²) in [5.74, 6) is 0.526. The first kappa shape index (κ1) is 12.5. The van der Waals surface area contributed by atoms with Crippen molar-refractivity contribution in [2.24, 2.45) is 5.92 Å². The Kier molecular flexibility index (Phi) is 5.93. The van der Waals surface area contributed by atoms with Gasteiger partial charge in [0.25, 0.3) is 0 Å². The van der Waals surface area contributed by atoms with Crippen LogP contribution in [-0.2, 0) is 0 Å². The number of hydrogen-bond acceptors (Lipinski definition) is 1. The van der Waals surface area contributed by atoms with Crippen LogP contribution in [0.1, 0.15) is 12.8 Å². The Labute approximate surface area is 107 Å². The van der Waals surface area contributed by atoms with Gasteiger partial charge in [-0.05, 0) is 31.7 Å². The molecule has 6 heteroatoms. The summed E-state index contributed by atoms with van der Waals surface area (Å²) in [5.41, 5.74) is 0. The molecule has 1 saturated carbocycles. The van der Waals surface area contributed by atoms with E-state index >= 15 is 0 Å². The van der Waals surface area contributed by atoms with Gasteiger partial charge in [0, 0.05) is 0 Å². The summed E-state index contributed by atoms with van der Waals surface area (Å²) in [7, 11) is 0. The van der Waals surface area contributed by atoms with Crippen LogP contribution >= 0.6 is 0 Å². The van der Waals surface area contributed by atoms with Gasteiger partial charge >= 0.3 is 58.4 Å². The van der Waals surface area contributed by atoms with Gasteiger partial charge < -0.3 is 18.3 Å². The van der Waals surface area contributed by atoms with Crippen LogP contribution in [0.3, 0.4) is 0 Å². The Morgan fingerprint density at radius 3 is 2.18 bits per heavy atom. The van der Waals surface area contributed by atoms with Crippen LogP contribution in [0.4, 0.5) is 12.9 Å². The van der Waals surface area contributed by atoms with Crippen LogP contribution in [0, 0.1) is 5.92 Å². The molecule has 1 nitrogen and oxygen atoms in total. The van der Waals surface area contributed by atoms with Crippen molar-refractivity contribution in [2.75, 3.05) is 13.0 Å². The van der Waals surface area contributed by atoms with Gasteiger partial charge in [-0.1, -0.05) is 0 Å². The van der Waals surface area contributed by atoms with Crippen LogP contribution in [-0.4, -0.2) is 20.0 Å². The zero-order chi connectivity index (χ0) is 7.61. The second kappa shape index (κ2) is 5.24. The predicted molar refractivity (Wildman–Crippen MR) is 34.7 cm³/mol. The van der Waals surface area contributed by atoms with Crippen LogP contribution in [0.25, 0.3) is 0 Å². The summed E-state index contributed by atoms with van der Waals surface area (Å²) in [4.78, 5) is 0. The number of nitrogens with one attached hydrogen (secondary N) is 1. The first-order valence-electron chi connectivity index (χ1n) is 3.49. The second-order valence-electron chi connectivity index (χ2n) is 2.81. The van der Waals surface area contributed by atoms with Gasteiger partial charge in [-0.25, -0.2) is 0 Å². The standard InChI is InChI=1S/C5H10BF3N.K/c7-6(8,9)4-10-3-5-1-2-5;/h5,10H,1-4H2;/q-1;+1. The number of rotatable bonds is 4. The molecule has 0 aromatic rings. The van der Waals surface area contributed by atoms with Crippen LogP contribution in [0.2, 0.25) is 0 Å². The third-order valence-corrected chi connectivity index (χ3v) is 1.51. The molecule has 0 spiro atoms. The Hall–Kier alpha value is 1.45. The first-order valence-corrected chi connectivity index (χ1v) is 3.49. The minimum absolute atomic E-state index is 0. The van der Waals surface area contributed by atoms with Crippen molar-refractivity contribution in [1.29, 1.82) is 0 Å². The third kappa shape index (κ3) is 7.80. The zero-order valence-corrected chi connectivity index (χ0v) is 9.74. The monoisotopic (exact) mass is 191 g/mol. The van der Waals surface area contributed by atoms with E-state index in [1.54, 1.807) is 0 Å². The minimum atomic E-state index is -4.61. The van der Waals surface area contributed by atoms with E-state index in [9.17, 15) is 12.9 Å². The van der Waals surface area contributed by atoms with Crippen molar-refractivity contribution in [2.45, 2.75) is 12.8 Å². The van der Waals surface area contributed by atoms with E-state index in [0.29, 0.717) is 12.5 Å². The third-order valence-electron chi connectivity index (χ3n) is 1.51. The summed E-state index contributed by atoms with van der Waals surface area (Å²) in [6.07, 6.45) is 1.41.